The normalized spacial score (nSPS) is 19.6. The van der Waals surface area contributed by atoms with E-state index in [1.165, 1.54) is 12.1 Å². The van der Waals surface area contributed by atoms with Gasteiger partial charge in [0.15, 0.2) is 0 Å². The van der Waals surface area contributed by atoms with Crippen LogP contribution in [0, 0.1) is 10.1 Å². The number of rotatable bonds is 3. The molecule has 0 spiro atoms. The summed E-state index contributed by atoms with van der Waals surface area (Å²) in [6.45, 7) is 2.51. The van der Waals surface area contributed by atoms with Crippen LogP contribution in [-0.2, 0) is 6.54 Å². The van der Waals surface area contributed by atoms with Crippen LogP contribution >= 0.6 is 24.0 Å². The number of non-ortho nitro benzene ring substituents is 1. The highest BCUT2D eigenvalue weighted by atomic mass is 35.5. The minimum Gasteiger partial charge on any atom is -0.326 e. The monoisotopic (exact) mass is 291 g/mol. The SMILES string of the molecule is Cl.NC1CCN(Cc2ccc([N+](=O)[O-])cc2Cl)C1. The Kier molecular flexibility index (Phi) is 5.34. The van der Waals surface area contributed by atoms with Gasteiger partial charge >= 0.3 is 0 Å². The molecule has 1 aromatic carbocycles. The molecule has 7 heteroatoms. The van der Waals surface area contributed by atoms with Gasteiger partial charge in [0.25, 0.3) is 5.69 Å². The van der Waals surface area contributed by atoms with Gasteiger partial charge in [-0.05, 0) is 18.1 Å². The van der Waals surface area contributed by atoms with Crippen molar-refractivity contribution < 1.29 is 4.92 Å². The molecule has 0 aliphatic carbocycles. The first-order valence-electron chi connectivity index (χ1n) is 5.47. The summed E-state index contributed by atoms with van der Waals surface area (Å²) in [7, 11) is 0. The summed E-state index contributed by atoms with van der Waals surface area (Å²) in [6.07, 6.45) is 0.991. The Hall–Kier alpha value is -0.880. The van der Waals surface area contributed by atoms with Crippen molar-refractivity contribution in [1.82, 2.24) is 4.90 Å². The van der Waals surface area contributed by atoms with Gasteiger partial charge in [0, 0.05) is 37.8 Å². The minimum atomic E-state index is -0.443. The second-order valence-corrected chi connectivity index (χ2v) is 4.72. The third-order valence-electron chi connectivity index (χ3n) is 2.95. The molecule has 1 unspecified atom stereocenters. The van der Waals surface area contributed by atoms with Crippen LogP contribution < -0.4 is 5.73 Å². The van der Waals surface area contributed by atoms with Gasteiger partial charge in [-0.25, -0.2) is 0 Å². The van der Waals surface area contributed by atoms with Crippen molar-refractivity contribution in [3.63, 3.8) is 0 Å². The van der Waals surface area contributed by atoms with Crippen LogP contribution in [0.3, 0.4) is 0 Å². The topological polar surface area (TPSA) is 72.4 Å². The lowest BCUT2D eigenvalue weighted by Crippen LogP contribution is -2.26. The van der Waals surface area contributed by atoms with Gasteiger partial charge in [0.1, 0.15) is 0 Å². The van der Waals surface area contributed by atoms with E-state index in [4.69, 9.17) is 17.3 Å². The Balaban J connectivity index is 0.00000162. The number of nitro benzene ring substituents is 1. The Labute approximate surface area is 116 Å². The molecular formula is C11H15Cl2N3O2. The summed E-state index contributed by atoms with van der Waals surface area (Å²) < 4.78 is 0. The van der Waals surface area contributed by atoms with E-state index in [2.05, 4.69) is 4.90 Å². The van der Waals surface area contributed by atoms with Gasteiger partial charge < -0.3 is 5.73 Å². The predicted molar refractivity (Wildman–Crippen MR) is 73.2 cm³/mol. The zero-order valence-electron chi connectivity index (χ0n) is 9.71. The second kappa shape index (κ2) is 6.33. The van der Waals surface area contributed by atoms with Crippen molar-refractivity contribution in [2.24, 2.45) is 5.73 Å². The highest BCUT2D eigenvalue weighted by Crippen LogP contribution is 2.24. The van der Waals surface area contributed by atoms with E-state index in [0.29, 0.717) is 11.6 Å². The summed E-state index contributed by atoms with van der Waals surface area (Å²) in [5.74, 6) is 0. The largest absolute Gasteiger partial charge is 0.326 e. The van der Waals surface area contributed by atoms with E-state index in [0.717, 1.165) is 25.1 Å². The number of halogens is 2. The quantitative estimate of drug-likeness (QED) is 0.684. The van der Waals surface area contributed by atoms with Crippen molar-refractivity contribution in [3.8, 4) is 0 Å². The van der Waals surface area contributed by atoms with Gasteiger partial charge in [0.2, 0.25) is 0 Å². The molecular weight excluding hydrogens is 277 g/mol. The van der Waals surface area contributed by atoms with Crippen LogP contribution in [0.1, 0.15) is 12.0 Å². The van der Waals surface area contributed by atoms with Gasteiger partial charge in [-0.3, -0.25) is 15.0 Å². The first kappa shape index (κ1) is 15.2. The van der Waals surface area contributed by atoms with E-state index in [9.17, 15) is 10.1 Å². The predicted octanol–water partition coefficient (Wildman–Crippen LogP) is 2.20. The van der Waals surface area contributed by atoms with Gasteiger partial charge in [-0.15, -0.1) is 12.4 Å². The average Bonchev–Trinajstić information content (AvgIpc) is 2.67. The summed E-state index contributed by atoms with van der Waals surface area (Å²) >= 11 is 6.03. The van der Waals surface area contributed by atoms with E-state index in [-0.39, 0.29) is 24.1 Å². The van der Waals surface area contributed by atoms with E-state index < -0.39 is 4.92 Å². The molecule has 0 bridgehead atoms. The highest BCUT2D eigenvalue weighted by molar-refractivity contribution is 6.31. The number of nitrogens with zero attached hydrogens (tertiary/aromatic N) is 2. The summed E-state index contributed by atoms with van der Waals surface area (Å²) in [5, 5.41) is 11.0. The summed E-state index contributed by atoms with van der Waals surface area (Å²) in [4.78, 5) is 12.3. The fourth-order valence-corrected chi connectivity index (χ4v) is 2.26. The van der Waals surface area contributed by atoms with Crippen LogP contribution in [0.15, 0.2) is 18.2 Å². The second-order valence-electron chi connectivity index (χ2n) is 4.32. The summed E-state index contributed by atoms with van der Waals surface area (Å²) in [6, 6.07) is 4.82. The molecule has 2 rings (SSSR count). The fourth-order valence-electron chi connectivity index (χ4n) is 2.03. The molecule has 1 saturated heterocycles. The van der Waals surface area contributed by atoms with E-state index >= 15 is 0 Å². The molecule has 100 valence electrons. The molecule has 1 atom stereocenters. The maximum Gasteiger partial charge on any atom is 0.270 e. The lowest BCUT2D eigenvalue weighted by atomic mass is 10.2. The van der Waals surface area contributed by atoms with Crippen LogP contribution in [-0.4, -0.2) is 29.0 Å². The van der Waals surface area contributed by atoms with E-state index in [1.54, 1.807) is 6.07 Å². The number of likely N-dealkylation sites (tertiary alicyclic amines) is 1. The lowest BCUT2D eigenvalue weighted by molar-refractivity contribution is -0.384. The van der Waals surface area contributed by atoms with Gasteiger partial charge in [0.05, 0.1) is 9.95 Å². The van der Waals surface area contributed by atoms with Gasteiger partial charge in [-0.2, -0.15) is 0 Å². The average molecular weight is 292 g/mol. The van der Waals surface area contributed by atoms with Crippen molar-refractivity contribution in [3.05, 3.63) is 38.9 Å². The number of nitro groups is 1. The molecule has 1 heterocycles. The smallest absolute Gasteiger partial charge is 0.270 e. The molecule has 0 saturated carbocycles. The number of nitrogens with two attached hydrogens (primary N) is 1. The Morgan fingerprint density at radius 1 is 1.56 bits per heavy atom. The molecule has 18 heavy (non-hydrogen) atoms. The fraction of sp³-hybridized carbons (Fsp3) is 0.455. The van der Waals surface area contributed by atoms with Crippen LogP contribution in [0.2, 0.25) is 5.02 Å². The third kappa shape index (κ3) is 3.55. The molecule has 5 nitrogen and oxygen atoms in total. The van der Waals surface area contributed by atoms with E-state index in [1.807, 2.05) is 0 Å². The molecule has 0 amide bonds. The van der Waals surface area contributed by atoms with Gasteiger partial charge in [-0.1, -0.05) is 11.6 Å². The van der Waals surface area contributed by atoms with Crippen LogP contribution in [0.25, 0.3) is 0 Å². The lowest BCUT2D eigenvalue weighted by Gasteiger charge is -2.15. The Bertz CT molecular complexity index is 442. The maximum absolute atomic E-state index is 10.6. The standard InChI is InChI=1S/C11H14ClN3O2.ClH/c12-11-5-10(15(16)17)2-1-8(11)6-14-4-3-9(13)7-14;/h1-2,5,9H,3-4,6-7,13H2;1H. The number of hydrogen-bond donors (Lipinski definition) is 1. The first-order valence-corrected chi connectivity index (χ1v) is 5.85. The highest BCUT2D eigenvalue weighted by Gasteiger charge is 2.20. The minimum absolute atomic E-state index is 0. The Morgan fingerprint density at radius 3 is 2.78 bits per heavy atom. The van der Waals surface area contributed by atoms with Crippen molar-refractivity contribution in [1.29, 1.82) is 0 Å². The van der Waals surface area contributed by atoms with Crippen molar-refractivity contribution in [2.75, 3.05) is 13.1 Å². The zero-order chi connectivity index (χ0) is 12.4. The number of benzene rings is 1. The molecule has 2 N–H and O–H groups in total. The number of hydrogen-bond acceptors (Lipinski definition) is 4. The molecule has 1 aromatic rings. The third-order valence-corrected chi connectivity index (χ3v) is 3.30. The van der Waals surface area contributed by atoms with Crippen LogP contribution in [0.4, 0.5) is 5.69 Å². The molecule has 1 aliphatic rings. The van der Waals surface area contributed by atoms with Crippen molar-refractivity contribution in [2.45, 2.75) is 19.0 Å². The van der Waals surface area contributed by atoms with Crippen molar-refractivity contribution >= 4 is 29.7 Å². The molecule has 1 fully saturated rings. The molecule has 0 radical (unpaired) electrons. The Morgan fingerprint density at radius 2 is 2.28 bits per heavy atom. The first-order chi connectivity index (χ1) is 8.06. The summed E-state index contributed by atoms with van der Waals surface area (Å²) in [5.41, 5.74) is 6.75. The van der Waals surface area contributed by atoms with Crippen LogP contribution in [0.5, 0.6) is 0 Å². The maximum atomic E-state index is 10.6. The molecule has 0 aromatic heterocycles. The zero-order valence-corrected chi connectivity index (χ0v) is 11.3. The molecule has 1 aliphatic heterocycles.